The zero-order valence-corrected chi connectivity index (χ0v) is 35.4. The van der Waals surface area contributed by atoms with Gasteiger partial charge in [0.1, 0.15) is 0 Å². The van der Waals surface area contributed by atoms with E-state index in [0.29, 0.717) is 36.2 Å². The van der Waals surface area contributed by atoms with Crippen molar-refractivity contribution in [3.8, 4) is 57.8 Å². The third-order valence-corrected chi connectivity index (χ3v) is 11.0. The predicted molar refractivity (Wildman–Crippen MR) is 236 cm³/mol. The first-order chi connectivity index (χ1) is 27.6. The van der Waals surface area contributed by atoms with E-state index in [4.69, 9.17) is 17.8 Å². The van der Waals surface area contributed by atoms with E-state index in [-0.39, 0.29) is 0 Å². The lowest BCUT2D eigenvalue weighted by atomic mass is 9.90. The third kappa shape index (κ3) is 12.4. The summed E-state index contributed by atoms with van der Waals surface area (Å²) in [7, 11) is 0. The lowest BCUT2D eigenvalue weighted by Gasteiger charge is -2.18. The van der Waals surface area contributed by atoms with Crippen molar-refractivity contribution in [1.82, 2.24) is 0 Å². The molecule has 0 bridgehead atoms. The zero-order chi connectivity index (χ0) is 39.4. The number of ether oxygens (including phenoxy) is 2. The highest BCUT2D eigenvalue weighted by Gasteiger charge is 2.32. The third-order valence-electron chi connectivity index (χ3n) is 10.4. The normalized spacial score (nSPS) is 12.1. The SMILES string of the molecule is CCCCCCCCCCC#Cc1ccc2c3c(c(OCCC)cc2c1)OS(=O)Oc1c(OCCC)cc2cc(C#CCCCCCCCCCC)ccc2c1-3. The molecule has 5 nitrogen and oxygen atoms in total. The van der Waals surface area contributed by atoms with Gasteiger partial charge in [0.2, 0.25) is 0 Å². The molecule has 1 aliphatic heterocycles. The topological polar surface area (TPSA) is 54.0 Å². The van der Waals surface area contributed by atoms with Crippen molar-refractivity contribution in [2.75, 3.05) is 13.2 Å². The van der Waals surface area contributed by atoms with Gasteiger partial charge in [-0.1, -0.05) is 153 Å². The minimum atomic E-state index is -2.13. The first kappa shape index (κ1) is 43.0. The molecule has 0 unspecified atom stereocenters. The Balaban J connectivity index is 1.48. The second-order valence-electron chi connectivity index (χ2n) is 15.2. The van der Waals surface area contributed by atoms with Gasteiger partial charge in [-0.15, -0.1) is 0 Å². The standard InChI is InChI=1S/C50H64O5S/c1-5-9-11-13-15-17-19-21-23-25-27-39-29-31-43-41(35-39)37-45(52-33-7-3)49-47(43)48-44-32-30-40(28-26-24-22-20-18-16-14-12-10-6-2)36-42(44)38-46(53-34-8-4)50(48)55-56(51)54-49/h29-32,35-38H,5-24,33-34H2,1-4H3. The van der Waals surface area contributed by atoms with Crippen LogP contribution in [0.15, 0.2) is 48.5 Å². The summed E-state index contributed by atoms with van der Waals surface area (Å²) in [6, 6.07) is 16.5. The molecule has 4 aromatic rings. The highest BCUT2D eigenvalue weighted by atomic mass is 32.2. The van der Waals surface area contributed by atoms with E-state index in [1.807, 2.05) is 12.1 Å². The van der Waals surface area contributed by atoms with Gasteiger partial charge >= 0.3 is 11.4 Å². The summed E-state index contributed by atoms with van der Waals surface area (Å²) in [4.78, 5) is 0. The van der Waals surface area contributed by atoms with Crippen LogP contribution in [-0.4, -0.2) is 17.4 Å². The molecule has 6 heteroatoms. The van der Waals surface area contributed by atoms with E-state index >= 15 is 0 Å². The number of rotatable bonds is 22. The van der Waals surface area contributed by atoms with Crippen molar-refractivity contribution in [1.29, 1.82) is 0 Å². The molecule has 0 fully saturated rings. The maximum absolute atomic E-state index is 13.5. The summed E-state index contributed by atoms with van der Waals surface area (Å²) in [5.41, 5.74) is 3.45. The second kappa shape index (κ2) is 23.8. The van der Waals surface area contributed by atoms with Gasteiger partial charge in [-0.3, -0.25) is 0 Å². The van der Waals surface area contributed by atoms with Crippen LogP contribution in [-0.2, 0) is 11.4 Å². The van der Waals surface area contributed by atoms with Crippen LogP contribution < -0.4 is 17.8 Å². The van der Waals surface area contributed by atoms with Gasteiger partial charge in [-0.2, -0.15) is 4.21 Å². The fourth-order valence-corrected chi connectivity index (χ4v) is 7.99. The Kier molecular flexibility index (Phi) is 18.3. The Bertz CT molecular complexity index is 1870. The van der Waals surface area contributed by atoms with Gasteiger partial charge in [0.15, 0.2) is 23.0 Å². The van der Waals surface area contributed by atoms with Gasteiger partial charge in [-0.05, 0) is 83.6 Å². The summed E-state index contributed by atoms with van der Waals surface area (Å²) < 4.78 is 38.4. The molecule has 1 aliphatic rings. The van der Waals surface area contributed by atoms with Crippen molar-refractivity contribution >= 4 is 32.9 Å². The Morgan fingerprint density at radius 1 is 0.500 bits per heavy atom. The molecular weight excluding hydrogens is 713 g/mol. The Labute approximate surface area is 340 Å². The molecule has 5 rings (SSSR count). The first-order valence-electron chi connectivity index (χ1n) is 21.8. The quantitative estimate of drug-likeness (QED) is 0.0588. The summed E-state index contributed by atoms with van der Waals surface area (Å²) >= 11 is -2.13. The Morgan fingerprint density at radius 2 is 0.893 bits per heavy atom. The summed E-state index contributed by atoms with van der Waals surface area (Å²) in [6.45, 7) is 9.64. The number of hydrogen-bond donors (Lipinski definition) is 0. The molecule has 1 heterocycles. The van der Waals surface area contributed by atoms with E-state index in [9.17, 15) is 4.21 Å². The molecule has 0 amide bonds. The van der Waals surface area contributed by atoms with Crippen LogP contribution in [0.2, 0.25) is 0 Å². The molecule has 300 valence electrons. The maximum atomic E-state index is 13.5. The fourth-order valence-electron chi connectivity index (χ4n) is 7.36. The molecule has 0 atom stereocenters. The van der Waals surface area contributed by atoms with E-state index < -0.39 is 11.4 Å². The molecule has 0 saturated heterocycles. The van der Waals surface area contributed by atoms with Crippen molar-refractivity contribution in [3.05, 3.63) is 59.7 Å². The van der Waals surface area contributed by atoms with Crippen LogP contribution in [0.5, 0.6) is 23.0 Å². The summed E-state index contributed by atoms with van der Waals surface area (Å²) in [5.74, 6) is 15.5. The molecule has 0 aliphatic carbocycles. The minimum Gasteiger partial charge on any atom is -0.490 e. The lowest BCUT2D eigenvalue weighted by molar-refractivity contribution is 0.304. The van der Waals surface area contributed by atoms with Crippen molar-refractivity contribution < 1.29 is 22.0 Å². The zero-order valence-electron chi connectivity index (χ0n) is 34.6. The minimum absolute atomic E-state index is 0.403. The smallest absolute Gasteiger partial charge is 0.418 e. The summed E-state index contributed by atoms with van der Waals surface area (Å²) in [6.07, 6.45) is 24.1. The van der Waals surface area contributed by atoms with E-state index in [1.165, 1.54) is 89.9 Å². The van der Waals surface area contributed by atoms with Gasteiger partial charge in [0, 0.05) is 35.1 Å². The van der Waals surface area contributed by atoms with Crippen molar-refractivity contribution in [2.45, 2.75) is 156 Å². The molecule has 0 aromatic heterocycles. The maximum Gasteiger partial charge on any atom is 0.418 e. The van der Waals surface area contributed by atoms with Crippen molar-refractivity contribution in [2.24, 2.45) is 0 Å². The molecule has 0 saturated carbocycles. The number of benzene rings is 4. The van der Waals surface area contributed by atoms with E-state index in [1.54, 1.807) is 0 Å². The van der Waals surface area contributed by atoms with E-state index in [2.05, 4.69) is 87.8 Å². The average Bonchev–Trinajstić information content (AvgIpc) is 3.36. The summed E-state index contributed by atoms with van der Waals surface area (Å²) in [5, 5.41) is 3.80. The highest BCUT2D eigenvalue weighted by Crippen LogP contribution is 2.54. The highest BCUT2D eigenvalue weighted by molar-refractivity contribution is 7.76. The van der Waals surface area contributed by atoms with Crippen LogP contribution >= 0.6 is 0 Å². The molecule has 0 N–H and O–H groups in total. The first-order valence-corrected chi connectivity index (χ1v) is 22.8. The predicted octanol–water partition coefficient (Wildman–Crippen LogP) is 14.4. The molecule has 0 radical (unpaired) electrons. The number of fused-ring (bicyclic) bond motifs is 7. The van der Waals surface area contributed by atoms with Crippen LogP contribution in [0.3, 0.4) is 0 Å². The monoisotopic (exact) mass is 776 g/mol. The molecule has 56 heavy (non-hydrogen) atoms. The van der Waals surface area contributed by atoms with Crippen LogP contribution in [0.4, 0.5) is 0 Å². The largest absolute Gasteiger partial charge is 0.490 e. The molecule has 0 spiro atoms. The van der Waals surface area contributed by atoms with Crippen LogP contribution in [0.25, 0.3) is 32.7 Å². The number of unbranched alkanes of at least 4 members (excludes halogenated alkanes) is 16. The fraction of sp³-hybridized carbons (Fsp3) is 0.520. The van der Waals surface area contributed by atoms with Gasteiger partial charge in [0.25, 0.3) is 0 Å². The molecular formula is C50H64O5S. The van der Waals surface area contributed by atoms with Gasteiger partial charge in [-0.25, -0.2) is 0 Å². The lowest BCUT2D eigenvalue weighted by Crippen LogP contribution is -2.09. The van der Waals surface area contributed by atoms with E-state index in [0.717, 1.165) is 82.3 Å². The number of hydrogen-bond acceptors (Lipinski definition) is 5. The second-order valence-corrected chi connectivity index (χ2v) is 15.9. The molecule has 4 aromatic carbocycles. The Hall–Kier alpha value is -4.13. The Morgan fingerprint density at radius 3 is 1.29 bits per heavy atom. The van der Waals surface area contributed by atoms with Crippen LogP contribution in [0, 0.1) is 23.7 Å². The van der Waals surface area contributed by atoms with Gasteiger partial charge in [0.05, 0.1) is 13.2 Å². The average molecular weight is 777 g/mol. The van der Waals surface area contributed by atoms with Crippen molar-refractivity contribution in [3.63, 3.8) is 0 Å². The van der Waals surface area contributed by atoms with Crippen LogP contribution in [0.1, 0.15) is 167 Å². The van der Waals surface area contributed by atoms with Gasteiger partial charge < -0.3 is 17.8 Å².